The van der Waals surface area contributed by atoms with E-state index in [2.05, 4.69) is 25.9 Å². The second-order valence-corrected chi connectivity index (χ2v) is 4.80. The maximum Gasteiger partial charge on any atom is 0.236 e. The van der Waals surface area contributed by atoms with E-state index in [4.69, 9.17) is 5.73 Å². The van der Waals surface area contributed by atoms with Crippen molar-refractivity contribution in [2.75, 3.05) is 45.8 Å². The number of unbranched alkanes of at least 4 members (excludes halogenated alkanes) is 2. The van der Waals surface area contributed by atoms with Crippen LogP contribution in [0.2, 0.25) is 0 Å². The van der Waals surface area contributed by atoms with Crippen molar-refractivity contribution in [2.24, 2.45) is 15.7 Å². The summed E-state index contributed by atoms with van der Waals surface area (Å²) in [5.74, 6) is 0. The second kappa shape index (κ2) is 17.7. The molecule has 0 fully saturated rings. The molecule has 0 radical (unpaired) electrons. The molecule has 8 heteroatoms. The fraction of sp³-hybridized carbons (Fsp3) is 0.857. The third-order valence-corrected chi connectivity index (χ3v) is 3.00. The van der Waals surface area contributed by atoms with Gasteiger partial charge >= 0.3 is 0 Å². The fourth-order valence-corrected chi connectivity index (χ4v) is 1.88. The Kier molecular flexibility index (Phi) is 16.5. The zero-order valence-electron chi connectivity index (χ0n) is 13.1. The standard InChI is InChI=1S/C14H28N6O2/c15-5-7-16-8-9-17-10-11-19-14(20-13-22)4-2-1-3-6-18-12-21/h14,16-17,19H,1-11,15H2. The Morgan fingerprint density at radius 1 is 0.909 bits per heavy atom. The first kappa shape index (κ1) is 20.6. The highest BCUT2D eigenvalue weighted by Crippen LogP contribution is 2.04. The van der Waals surface area contributed by atoms with Gasteiger partial charge in [0.2, 0.25) is 12.2 Å². The van der Waals surface area contributed by atoms with Crippen molar-refractivity contribution in [3.8, 4) is 0 Å². The summed E-state index contributed by atoms with van der Waals surface area (Å²) in [6.07, 6.45) is 6.43. The largest absolute Gasteiger partial charge is 0.329 e. The van der Waals surface area contributed by atoms with Crippen LogP contribution in [0.3, 0.4) is 0 Å². The van der Waals surface area contributed by atoms with Gasteiger partial charge in [0.1, 0.15) is 6.17 Å². The molecule has 1 unspecified atom stereocenters. The first-order chi connectivity index (χ1) is 10.8. The second-order valence-electron chi connectivity index (χ2n) is 4.80. The van der Waals surface area contributed by atoms with E-state index in [1.54, 1.807) is 6.08 Å². The molecule has 1 atom stereocenters. The lowest BCUT2D eigenvalue weighted by Gasteiger charge is -2.13. The summed E-state index contributed by atoms with van der Waals surface area (Å²) in [5.41, 5.74) is 5.37. The summed E-state index contributed by atoms with van der Waals surface area (Å²) in [6.45, 7) is 5.30. The van der Waals surface area contributed by atoms with Crippen molar-refractivity contribution >= 4 is 12.2 Å². The molecule has 0 spiro atoms. The zero-order valence-corrected chi connectivity index (χ0v) is 13.1. The number of hydrogen-bond donors (Lipinski definition) is 4. The molecule has 0 aliphatic heterocycles. The quantitative estimate of drug-likeness (QED) is 0.169. The predicted molar refractivity (Wildman–Crippen MR) is 86.2 cm³/mol. The van der Waals surface area contributed by atoms with Crippen LogP contribution in [-0.2, 0) is 9.59 Å². The topological polar surface area (TPSA) is 121 Å². The summed E-state index contributed by atoms with van der Waals surface area (Å²) in [5, 5.41) is 9.68. The van der Waals surface area contributed by atoms with Gasteiger partial charge in [-0.2, -0.15) is 4.99 Å². The van der Waals surface area contributed by atoms with Crippen molar-refractivity contribution in [2.45, 2.75) is 31.8 Å². The van der Waals surface area contributed by atoms with Crippen molar-refractivity contribution in [3.05, 3.63) is 0 Å². The first-order valence-corrected chi connectivity index (χ1v) is 7.80. The van der Waals surface area contributed by atoms with Crippen LogP contribution in [0.4, 0.5) is 0 Å². The monoisotopic (exact) mass is 312 g/mol. The van der Waals surface area contributed by atoms with Crippen LogP contribution in [-0.4, -0.2) is 64.1 Å². The number of rotatable bonds is 16. The van der Waals surface area contributed by atoms with Gasteiger partial charge in [-0.3, -0.25) is 5.32 Å². The Morgan fingerprint density at radius 2 is 1.64 bits per heavy atom. The van der Waals surface area contributed by atoms with Crippen LogP contribution in [0.15, 0.2) is 9.98 Å². The third kappa shape index (κ3) is 15.0. The molecule has 0 saturated carbocycles. The Balaban J connectivity index is 3.55. The molecule has 5 N–H and O–H groups in total. The summed E-state index contributed by atoms with van der Waals surface area (Å²) in [6, 6.07) is 0. The van der Waals surface area contributed by atoms with Crippen molar-refractivity contribution in [3.63, 3.8) is 0 Å². The average Bonchev–Trinajstić information content (AvgIpc) is 2.53. The smallest absolute Gasteiger partial charge is 0.236 e. The van der Waals surface area contributed by atoms with Crippen molar-refractivity contribution < 1.29 is 9.59 Å². The molecule has 0 aliphatic carbocycles. The van der Waals surface area contributed by atoms with Crippen molar-refractivity contribution in [1.29, 1.82) is 0 Å². The van der Waals surface area contributed by atoms with E-state index in [0.29, 0.717) is 13.1 Å². The molecule has 22 heavy (non-hydrogen) atoms. The molecular formula is C14H28N6O2. The SMILES string of the molecule is NCCNCCNCCNC(CCCCCN=C=O)N=C=O. The van der Waals surface area contributed by atoms with Gasteiger partial charge in [-0.05, 0) is 19.3 Å². The van der Waals surface area contributed by atoms with Gasteiger partial charge in [-0.15, -0.1) is 0 Å². The van der Waals surface area contributed by atoms with E-state index in [-0.39, 0.29) is 6.17 Å². The molecule has 8 nitrogen and oxygen atoms in total. The summed E-state index contributed by atoms with van der Waals surface area (Å²) >= 11 is 0. The van der Waals surface area contributed by atoms with Gasteiger partial charge in [0, 0.05) is 39.3 Å². The molecule has 0 aromatic rings. The molecule has 0 aromatic heterocycles. The third-order valence-electron chi connectivity index (χ3n) is 3.00. The van der Waals surface area contributed by atoms with E-state index in [0.717, 1.165) is 58.4 Å². The van der Waals surface area contributed by atoms with E-state index in [9.17, 15) is 9.59 Å². The number of hydrogen-bond acceptors (Lipinski definition) is 8. The first-order valence-electron chi connectivity index (χ1n) is 7.80. The van der Waals surface area contributed by atoms with Gasteiger partial charge in [0.15, 0.2) is 0 Å². The van der Waals surface area contributed by atoms with Gasteiger partial charge in [-0.25, -0.2) is 14.6 Å². The van der Waals surface area contributed by atoms with E-state index in [1.165, 1.54) is 6.08 Å². The average molecular weight is 312 g/mol. The molecule has 126 valence electrons. The van der Waals surface area contributed by atoms with E-state index >= 15 is 0 Å². The van der Waals surface area contributed by atoms with Gasteiger partial charge in [-0.1, -0.05) is 6.42 Å². The summed E-state index contributed by atoms with van der Waals surface area (Å²) in [7, 11) is 0. The Bertz CT molecular complexity index is 340. The molecule has 0 rings (SSSR count). The lowest BCUT2D eigenvalue weighted by atomic mass is 10.1. The minimum absolute atomic E-state index is 0.191. The summed E-state index contributed by atoms with van der Waals surface area (Å²) in [4.78, 5) is 27.6. The normalized spacial score (nSPS) is 11.5. The minimum Gasteiger partial charge on any atom is -0.329 e. The molecule has 0 saturated heterocycles. The number of nitrogens with one attached hydrogen (secondary N) is 3. The molecule has 0 bridgehead atoms. The summed E-state index contributed by atoms with van der Waals surface area (Å²) < 4.78 is 0. The highest BCUT2D eigenvalue weighted by Gasteiger charge is 2.05. The van der Waals surface area contributed by atoms with Crippen LogP contribution < -0.4 is 21.7 Å². The lowest BCUT2D eigenvalue weighted by Crippen LogP contribution is -2.37. The maximum atomic E-state index is 10.4. The van der Waals surface area contributed by atoms with Crippen LogP contribution >= 0.6 is 0 Å². The Hall–Kier alpha value is -1.40. The maximum absolute atomic E-state index is 10.4. The molecule has 0 amide bonds. The van der Waals surface area contributed by atoms with Crippen LogP contribution in [0.25, 0.3) is 0 Å². The van der Waals surface area contributed by atoms with Crippen molar-refractivity contribution in [1.82, 2.24) is 16.0 Å². The Labute approximate surface area is 132 Å². The number of carbonyl (C=O) groups excluding carboxylic acids is 2. The van der Waals surface area contributed by atoms with Gasteiger partial charge in [0.05, 0.1) is 6.54 Å². The molecular weight excluding hydrogens is 284 g/mol. The predicted octanol–water partition coefficient (Wildman–Crippen LogP) is -0.728. The Morgan fingerprint density at radius 3 is 2.32 bits per heavy atom. The molecule has 0 aromatic carbocycles. The highest BCUT2D eigenvalue weighted by molar-refractivity contribution is 5.33. The number of nitrogens with two attached hydrogens (primary N) is 1. The number of aliphatic imine (C=N–C) groups is 2. The molecule has 0 heterocycles. The number of nitrogens with zero attached hydrogens (tertiary/aromatic N) is 2. The lowest BCUT2D eigenvalue weighted by molar-refractivity contribution is 0.458. The number of isocyanates is 2. The fourth-order valence-electron chi connectivity index (χ4n) is 1.88. The van der Waals surface area contributed by atoms with Gasteiger partial charge < -0.3 is 16.4 Å². The van der Waals surface area contributed by atoms with Crippen LogP contribution in [0, 0.1) is 0 Å². The zero-order chi connectivity index (χ0) is 16.3. The highest BCUT2D eigenvalue weighted by atomic mass is 16.1. The molecule has 0 aliphatic rings. The van der Waals surface area contributed by atoms with Gasteiger partial charge in [0.25, 0.3) is 0 Å². The van der Waals surface area contributed by atoms with Crippen LogP contribution in [0.1, 0.15) is 25.7 Å². The minimum atomic E-state index is -0.191. The van der Waals surface area contributed by atoms with E-state index in [1.807, 2.05) is 0 Å². The van der Waals surface area contributed by atoms with E-state index < -0.39 is 0 Å². The van der Waals surface area contributed by atoms with Crippen LogP contribution in [0.5, 0.6) is 0 Å².